The second-order valence-corrected chi connectivity index (χ2v) is 5.84. The Bertz CT molecular complexity index is 892. The average Bonchev–Trinajstić information content (AvgIpc) is 3.02. The summed E-state index contributed by atoms with van der Waals surface area (Å²) in [6.45, 7) is 4.59. The summed E-state index contributed by atoms with van der Waals surface area (Å²) >= 11 is 0. The zero-order valence-electron chi connectivity index (χ0n) is 13.7. The van der Waals surface area contributed by atoms with Gasteiger partial charge < -0.3 is 14.7 Å². The van der Waals surface area contributed by atoms with Crippen molar-refractivity contribution in [3.8, 4) is 11.5 Å². The normalized spacial score (nSPS) is 14.0. The van der Waals surface area contributed by atoms with Gasteiger partial charge in [0.15, 0.2) is 11.5 Å². The van der Waals surface area contributed by atoms with E-state index in [2.05, 4.69) is 26.9 Å². The highest BCUT2D eigenvalue weighted by molar-refractivity contribution is 5.92. The molecule has 24 heavy (non-hydrogen) atoms. The summed E-state index contributed by atoms with van der Waals surface area (Å²) in [4.78, 5) is 11.0. The van der Waals surface area contributed by atoms with Crippen LogP contribution in [0.25, 0.3) is 10.9 Å². The number of methoxy groups -OCH3 is 1. The number of aryl methyl sites for hydroxylation is 1. The van der Waals surface area contributed by atoms with Crippen LogP contribution in [0.1, 0.15) is 18.2 Å². The van der Waals surface area contributed by atoms with E-state index in [0.29, 0.717) is 11.3 Å². The van der Waals surface area contributed by atoms with Gasteiger partial charge in [0, 0.05) is 24.5 Å². The quantitative estimate of drug-likeness (QED) is 0.795. The van der Waals surface area contributed by atoms with Gasteiger partial charge in [0.1, 0.15) is 12.1 Å². The molecule has 0 aliphatic carbocycles. The Labute approximate surface area is 139 Å². The first-order chi connectivity index (χ1) is 11.7. The van der Waals surface area contributed by atoms with Gasteiger partial charge in [-0.05, 0) is 25.0 Å². The second-order valence-electron chi connectivity index (χ2n) is 5.84. The minimum absolute atomic E-state index is 0.0830. The minimum Gasteiger partial charge on any atom is -0.504 e. The fourth-order valence-electron chi connectivity index (χ4n) is 3.28. The number of anilines is 1. The van der Waals surface area contributed by atoms with Crippen LogP contribution >= 0.6 is 0 Å². The van der Waals surface area contributed by atoms with Crippen molar-refractivity contribution in [1.29, 1.82) is 0 Å². The Morgan fingerprint density at radius 2 is 2.17 bits per heavy atom. The van der Waals surface area contributed by atoms with Crippen molar-refractivity contribution in [2.24, 2.45) is 0 Å². The van der Waals surface area contributed by atoms with Crippen molar-refractivity contribution in [2.75, 3.05) is 18.6 Å². The first kappa shape index (κ1) is 14.7. The van der Waals surface area contributed by atoms with Gasteiger partial charge in [0.05, 0.1) is 31.1 Å². The van der Waals surface area contributed by atoms with Crippen LogP contribution in [-0.4, -0.2) is 38.5 Å². The number of fused-ring (bicyclic) bond motifs is 2. The number of hydrogen-bond donors (Lipinski definition) is 1. The molecule has 7 nitrogen and oxygen atoms in total. The third-order valence-corrected chi connectivity index (χ3v) is 4.54. The molecule has 0 fully saturated rings. The Hall–Kier alpha value is -2.83. The van der Waals surface area contributed by atoms with Gasteiger partial charge in [-0.1, -0.05) is 0 Å². The number of phenols is 1. The van der Waals surface area contributed by atoms with Crippen LogP contribution in [0.2, 0.25) is 0 Å². The zero-order chi connectivity index (χ0) is 16.7. The Morgan fingerprint density at radius 3 is 2.96 bits per heavy atom. The van der Waals surface area contributed by atoms with Crippen molar-refractivity contribution < 1.29 is 9.84 Å². The lowest BCUT2D eigenvalue weighted by molar-refractivity contribution is 0.374. The third-order valence-electron chi connectivity index (χ3n) is 4.54. The van der Waals surface area contributed by atoms with Crippen molar-refractivity contribution >= 4 is 16.7 Å². The van der Waals surface area contributed by atoms with E-state index >= 15 is 0 Å². The molecule has 0 saturated heterocycles. The maximum Gasteiger partial charge on any atom is 0.161 e. The van der Waals surface area contributed by atoms with Gasteiger partial charge in [0.25, 0.3) is 0 Å². The number of aromatic hydroxyl groups is 1. The lowest BCUT2D eigenvalue weighted by Gasteiger charge is -2.29. The molecule has 2 aromatic heterocycles. The van der Waals surface area contributed by atoms with Crippen LogP contribution in [0.3, 0.4) is 0 Å². The van der Waals surface area contributed by atoms with Gasteiger partial charge in [-0.3, -0.25) is 4.68 Å². The highest BCUT2D eigenvalue weighted by atomic mass is 16.5. The van der Waals surface area contributed by atoms with E-state index in [-0.39, 0.29) is 5.75 Å². The Balaban J connectivity index is 1.79. The van der Waals surface area contributed by atoms with E-state index in [9.17, 15) is 5.11 Å². The largest absolute Gasteiger partial charge is 0.504 e. The number of aromatic nitrogens is 4. The fourth-order valence-corrected chi connectivity index (χ4v) is 3.28. The van der Waals surface area contributed by atoms with Crippen molar-refractivity contribution in [1.82, 2.24) is 19.7 Å². The molecule has 3 heterocycles. The lowest BCUT2D eigenvalue weighted by atomic mass is 10.1. The smallest absolute Gasteiger partial charge is 0.161 e. The number of ether oxygens (including phenoxy) is 1. The standard InChI is InChI=1S/C17H19N5O2/c1-3-22-14-9-21(5-4-11(14)8-20-22)17-12-6-16(24-2)15(23)7-13(12)18-10-19-17/h6-8,10,23H,3-5,9H2,1-2H3. The van der Waals surface area contributed by atoms with E-state index in [1.54, 1.807) is 12.1 Å². The highest BCUT2D eigenvalue weighted by Gasteiger charge is 2.23. The van der Waals surface area contributed by atoms with E-state index in [1.165, 1.54) is 24.7 Å². The summed E-state index contributed by atoms with van der Waals surface area (Å²) in [5.41, 5.74) is 3.25. The molecule has 1 aliphatic rings. The van der Waals surface area contributed by atoms with Gasteiger partial charge in [-0.2, -0.15) is 5.10 Å². The molecule has 0 atom stereocenters. The number of benzene rings is 1. The second kappa shape index (κ2) is 5.67. The lowest BCUT2D eigenvalue weighted by Crippen LogP contribution is -2.32. The van der Waals surface area contributed by atoms with Gasteiger partial charge in [-0.15, -0.1) is 0 Å². The van der Waals surface area contributed by atoms with Crippen LogP contribution in [0.4, 0.5) is 5.82 Å². The maximum absolute atomic E-state index is 9.97. The molecule has 4 rings (SSSR count). The Morgan fingerprint density at radius 1 is 1.29 bits per heavy atom. The summed E-state index contributed by atoms with van der Waals surface area (Å²) in [6.07, 6.45) is 4.45. The van der Waals surface area contributed by atoms with Crippen molar-refractivity contribution in [3.63, 3.8) is 0 Å². The molecule has 0 unspecified atom stereocenters. The number of phenolic OH excluding ortho intramolecular Hbond substituents is 1. The molecule has 0 saturated carbocycles. The molecule has 0 spiro atoms. The average molecular weight is 325 g/mol. The van der Waals surface area contributed by atoms with E-state index in [1.807, 2.05) is 10.9 Å². The van der Waals surface area contributed by atoms with E-state index in [4.69, 9.17) is 4.74 Å². The van der Waals surface area contributed by atoms with E-state index < -0.39 is 0 Å². The molecular weight excluding hydrogens is 306 g/mol. The number of rotatable bonds is 3. The molecule has 1 aliphatic heterocycles. The topological polar surface area (TPSA) is 76.3 Å². The van der Waals surface area contributed by atoms with Crippen LogP contribution in [0.15, 0.2) is 24.7 Å². The van der Waals surface area contributed by atoms with E-state index in [0.717, 1.165) is 37.3 Å². The number of hydrogen-bond acceptors (Lipinski definition) is 6. The minimum atomic E-state index is 0.0830. The predicted molar refractivity (Wildman–Crippen MR) is 90.4 cm³/mol. The van der Waals surface area contributed by atoms with Crippen LogP contribution in [0.5, 0.6) is 11.5 Å². The highest BCUT2D eigenvalue weighted by Crippen LogP contribution is 2.35. The summed E-state index contributed by atoms with van der Waals surface area (Å²) in [6, 6.07) is 3.41. The van der Waals surface area contributed by atoms with Crippen LogP contribution < -0.4 is 9.64 Å². The van der Waals surface area contributed by atoms with Crippen molar-refractivity contribution in [2.45, 2.75) is 26.4 Å². The molecule has 1 N–H and O–H groups in total. The molecule has 1 aromatic carbocycles. The zero-order valence-corrected chi connectivity index (χ0v) is 13.7. The monoisotopic (exact) mass is 325 g/mol. The molecule has 0 radical (unpaired) electrons. The first-order valence-corrected chi connectivity index (χ1v) is 8.01. The molecule has 0 amide bonds. The summed E-state index contributed by atoms with van der Waals surface area (Å²) in [5, 5.41) is 15.3. The number of nitrogens with zero attached hydrogens (tertiary/aromatic N) is 5. The fraction of sp³-hybridized carbons (Fsp3) is 0.353. The SMILES string of the molecule is CCn1ncc2c1CN(c1ncnc3cc(O)c(OC)cc13)CC2. The summed E-state index contributed by atoms with van der Waals surface area (Å²) < 4.78 is 7.28. The molecule has 3 aromatic rings. The van der Waals surface area contributed by atoms with Gasteiger partial charge in [-0.25, -0.2) is 9.97 Å². The molecule has 124 valence electrons. The molecule has 0 bridgehead atoms. The third kappa shape index (κ3) is 2.24. The van der Waals surface area contributed by atoms with Crippen molar-refractivity contribution in [3.05, 3.63) is 35.9 Å². The Kier molecular flexibility index (Phi) is 3.48. The maximum atomic E-state index is 9.97. The van der Waals surface area contributed by atoms with Crippen LogP contribution in [-0.2, 0) is 19.5 Å². The molecular formula is C17H19N5O2. The molecule has 7 heteroatoms. The van der Waals surface area contributed by atoms with Gasteiger partial charge in [0.2, 0.25) is 0 Å². The predicted octanol–water partition coefficient (Wildman–Crippen LogP) is 2.12. The van der Waals surface area contributed by atoms with Gasteiger partial charge >= 0.3 is 0 Å². The van der Waals surface area contributed by atoms with Crippen LogP contribution in [0, 0.1) is 0 Å². The summed E-state index contributed by atoms with van der Waals surface area (Å²) in [7, 11) is 1.54. The summed E-state index contributed by atoms with van der Waals surface area (Å²) in [5.74, 6) is 1.36. The first-order valence-electron chi connectivity index (χ1n) is 8.01.